The Bertz CT molecular complexity index is 544. The Balaban J connectivity index is 2.73. The van der Waals surface area contributed by atoms with Gasteiger partial charge >= 0.3 is 0 Å². The van der Waals surface area contributed by atoms with Crippen LogP contribution in [0.15, 0.2) is 23.1 Å². The SMILES string of the molecule is CCCN(CC)CCNS(=O)(=O)c1cc(CN)ccc1C. The van der Waals surface area contributed by atoms with Crippen molar-refractivity contribution in [2.75, 3.05) is 26.2 Å². The first-order valence-corrected chi connectivity index (χ1v) is 8.94. The molecule has 0 spiro atoms. The summed E-state index contributed by atoms with van der Waals surface area (Å²) in [7, 11) is -3.47. The van der Waals surface area contributed by atoms with Gasteiger partial charge in [-0.1, -0.05) is 26.0 Å². The number of aryl methyl sites for hydroxylation is 1. The minimum Gasteiger partial charge on any atom is -0.326 e. The number of hydrogen-bond donors (Lipinski definition) is 2. The number of likely N-dealkylation sites (N-methyl/N-ethyl adjacent to an activating group) is 1. The number of benzene rings is 1. The van der Waals surface area contributed by atoms with Gasteiger partial charge in [0.15, 0.2) is 0 Å². The Morgan fingerprint density at radius 3 is 2.52 bits per heavy atom. The number of hydrogen-bond acceptors (Lipinski definition) is 4. The molecule has 0 fully saturated rings. The number of nitrogens with one attached hydrogen (secondary N) is 1. The van der Waals surface area contributed by atoms with Crippen LogP contribution in [0.25, 0.3) is 0 Å². The summed E-state index contributed by atoms with van der Waals surface area (Å²) in [5.74, 6) is 0. The summed E-state index contributed by atoms with van der Waals surface area (Å²) in [5, 5.41) is 0. The zero-order chi connectivity index (χ0) is 15.9. The molecule has 0 atom stereocenters. The van der Waals surface area contributed by atoms with Crippen LogP contribution < -0.4 is 10.5 Å². The fraction of sp³-hybridized carbons (Fsp3) is 0.600. The van der Waals surface area contributed by atoms with Crippen molar-refractivity contribution in [1.82, 2.24) is 9.62 Å². The summed E-state index contributed by atoms with van der Waals surface area (Å²) in [6, 6.07) is 5.31. The van der Waals surface area contributed by atoms with Crippen LogP contribution in [0.1, 0.15) is 31.4 Å². The topological polar surface area (TPSA) is 75.4 Å². The lowest BCUT2D eigenvalue weighted by atomic mass is 10.1. The van der Waals surface area contributed by atoms with Gasteiger partial charge in [-0.3, -0.25) is 0 Å². The molecule has 0 aromatic heterocycles. The third kappa shape index (κ3) is 5.39. The zero-order valence-corrected chi connectivity index (χ0v) is 14.0. The van der Waals surface area contributed by atoms with E-state index in [2.05, 4.69) is 23.5 Å². The van der Waals surface area contributed by atoms with Gasteiger partial charge in [0.05, 0.1) is 4.90 Å². The molecule has 1 rings (SSSR count). The van der Waals surface area contributed by atoms with Gasteiger partial charge in [0.1, 0.15) is 0 Å². The average Bonchev–Trinajstić information content (AvgIpc) is 2.46. The first kappa shape index (κ1) is 18.1. The third-order valence-electron chi connectivity index (χ3n) is 3.48. The summed E-state index contributed by atoms with van der Waals surface area (Å²) in [6.45, 7) is 9.39. The molecule has 0 amide bonds. The van der Waals surface area contributed by atoms with Crippen LogP contribution >= 0.6 is 0 Å². The van der Waals surface area contributed by atoms with Crippen LogP contribution in [-0.4, -0.2) is 39.5 Å². The lowest BCUT2D eigenvalue weighted by molar-refractivity contribution is 0.293. The van der Waals surface area contributed by atoms with E-state index in [0.29, 0.717) is 18.0 Å². The molecule has 0 heterocycles. The van der Waals surface area contributed by atoms with Crippen LogP contribution in [0.2, 0.25) is 0 Å². The fourth-order valence-corrected chi connectivity index (χ4v) is 3.54. The molecule has 0 aliphatic carbocycles. The van der Waals surface area contributed by atoms with E-state index in [4.69, 9.17) is 5.73 Å². The summed E-state index contributed by atoms with van der Waals surface area (Å²) in [6.07, 6.45) is 1.07. The van der Waals surface area contributed by atoms with Gasteiger partial charge in [-0.05, 0) is 43.6 Å². The molecule has 1 aromatic carbocycles. The summed E-state index contributed by atoms with van der Waals surface area (Å²) >= 11 is 0. The fourth-order valence-electron chi connectivity index (χ4n) is 2.22. The number of nitrogens with two attached hydrogens (primary N) is 1. The molecule has 0 saturated heterocycles. The first-order chi connectivity index (χ1) is 9.94. The molecule has 6 heteroatoms. The second-order valence-electron chi connectivity index (χ2n) is 5.14. The van der Waals surface area contributed by atoms with Crippen LogP contribution in [0.4, 0.5) is 0 Å². The van der Waals surface area contributed by atoms with E-state index in [1.807, 2.05) is 6.07 Å². The van der Waals surface area contributed by atoms with Crippen molar-refractivity contribution in [2.45, 2.75) is 38.6 Å². The van der Waals surface area contributed by atoms with Crippen LogP contribution in [0.5, 0.6) is 0 Å². The van der Waals surface area contributed by atoms with Crippen molar-refractivity contribution in [2.24, 2.45) is 5.73 Å². The maximum absolute atomic E-state index is 12.4. The predicted octanol–water partition coefficient (Wildman–Crippen LogP) is 1.46. The van der Waals surface area contributed by atoms with Gasteiger partial charge in [0.2, 0.25) is 10.0 Å². The van der Waals surface area contributed by atoms with Crippen LogP contribution in [-0.2, 0) is 16.6 Å². The highest BCUT2D eigenvalue weighted by molar-refractivity contribution is 7.89. The molecule has 1 aromatic rings. The minimum absolute atomic E-state index is 0.323. The highest BCUT2D eigenvalue weighted by atomic mass is 32.2. The molecule has 0 radical (unpaired) electrons. The van der Waals surface area contributed by atoms with Gasteiger partial charge in [-0.25, -0.2) is 13.1 Å². The molecular weight excluding hydrogens is 286 g/mol. The lowest BCUT2D eigenvalue weighted by Crippen LogP contribution is -2.35. The molecule has 0 aliphatic rings. The Hall–Kier alpha value is -0.950. The Morgan fingerprint density at radius 2 is 1.95 bits per heavy atom. The Labute approximate surface area is 128 Å². The van der Waals surface area contributed by atoms with Gasteiger partial charge in [-0.15, -0.1) is 0 Å². The summed E-state index contributed by atoms with van der Waals surface area (Å²) in [4.78, 5) is 2.55. The van der Waals surface area contributed by atoms with Gasteiger partial charge in [0.25, 0.3) is 0 Å². The maximum atomic E-state index is 12.4. The van der Waals surface area contributed by atoms with Crippen molar-refractivity contribution in [3.63, 3.8) is 0 Å². The Kier molecular flexibility index (Phi) is 7.31. The number of nitrogens with zero attached hydrogens (tertiary/aromatic N) is 1. The smallest absolute Gasteiger partial charge is 0.240 e. The quantitative estimate of drug-likeness (QED) is 0.724. The number of sulfonamides is 1. The molecule has 0 bridgehead atoms. The average molecular weight is 313 g/mol. The van der Waals surface area contributed by atoms with E-state index < -0.39 is 10.0 Å². The molecule has 3 N–H and O–H groups in total. The molecule has 5 nitrogen and oxygen atoms in total. The van der Waals surface area contributed by atoms with Crippen molar-refractivity contribution in [3.05, 3.63) is 29.3 Å². The van der Waals surface area contributed by atoms with E-state index in [9.17, 15) is 8.42 Å². The first-order valence-electron chi connectivity index (χ1n) is 7.46. The minimum atomic E-state index is -3.47. The van der Waals surface area contributed by atoms with E-state index in [1.54, 1.807) is 19.1 Å². The second-order valence-corrected chi connectivity index (χ2v) is 6.87. The Morgan fingerprint density at radius 1 is 1.24 bits per heavy atom. The van der Waals surface area contributed by atoms with Crippen molar-refractivity contribution in [3.8, 4) is 0 Å². The van der Waals surface area contributed by atoms with E-state index >= 15 is 0 Å². The summed E-state index contributed by atoms with van der Waals surface area (Å²) < 4.78 is 27.4. The highest BCUT2D eigenvalue weighted by Crippen LogP contribution is 2.16. The second kappa shape index (κ2) is 8.48. The molecule has 120 valence electrons. The zero-order valence-electron chi connectivity index (χ0n) is 13.2. The number of rotatable bonds is 9. The lowest BCUT2D eigenvalue weighted by Gasteiger charge is -2.19. The predicted molar refractivity (Wildman–Crippen MR) is 86.7 cm³/mol. The van der Waals surface area contributed by atoms with Crippen molar-refractivity contribution in [1.29, 1.82) is 0 Å². The van der Waals surface area contributed by atoms with Crippen molar-refractivity contribution >= 4 is 10.0 Å². The van der Waals surface area contributed by atoms with E-state index in [1.165, 1.54) is 0 Å². The summed E-state index contributed by atoms with van der Waals surface area (Å²) in [5.41, 5.74) is 7.14. The van der Waals surface area contributed by atoms with Gasteiger partial charge < -0.3 is 10.6 Å². The van der Waals surface area contributed by atoms with Gasteiger partial charge in [-0.2, -0.15) is 0 Å². The molecule has 0 aliphatic heterocycles. The van der Waals surface area contributed by atoms with Crippen LogP contribution in [0.3, 0.4) is 0 Å². The van der Waals surface area contributed by atoms with Gasteiger partial charge in [0, 0.05) is 19.6 Å². The third-order valence-corrected chi connectivity index (χ3v) is 5.09. The standard InChI is InChI=1S/C15H27N3O2S/c1-4-9-18(5-2)10-8-17-21(19,20)15-11-14(12-16)7-6-13(15)3/h6-7,11,17H,4-5,8-10,12,16H2,1-3H3. The monoisotopic (exact) mass is 313 g/mol. The molecular formula is C15H27N3O2S. The van der Waals surface area contributed by atoms with Crippen LogP contribution in [0, 0.1) is 6.92 Å². The normalized spacial score (nSPS) is 12.0. The van der Waals surface area contributed by atoms with E-state index in [-0.39, 0.29) is 0 Å². The van der Waals surface area contributed by atoms with E-state index in [0.717, 1.165) is 37.2 Å². The van der Waals surface area contributed by atoms with Crippen molar-refractivity contribution < 1.29 is 8.42 Å². The molecule has 21 heavy (non-hydrogen) atoms. The largest absolute Gasteiger partial charge is 0.326 e. The molecule has 0 unspecified atom stereocenters. The highest BCUT2D eigenvalue weighted by Gasteiger charge is 2.17. The molecule has 0 saturated carbocycles. The maximum Gasteiger partial charge on any atom is 0.240 e.